The van der Waals surface area contributed by atoms with Gasteiger partial charge in [-0.2, -0.15) is 0 Å². The quantitative estimate of drug-likeness (QED) is 0.453. The maximum Gasteiger partial charge on any atom is 0.125 e. The van der Waals surface area contributed by atoms with Gasteiger partial charge in [0.2, 0.25) is 0 Å². The molecule has 0 aliphatic carbocycles. The smallest absolute Gasteiger partial charge is 0.125 e. The second-order valence-electron chi connectivity index (χ2n) is 9.08. The fraction of sp³-hybridized carbons (Fsp3) is 0.556. The first kappa shape index (κ1) is 25.2. The number of ether oxygens (including phenoxy) is 2. The van der Waals surface area contributed by atoms with Crippen LogP contribution in [0.2, 0.25) is 0 Å². The Bertz CT molecular complexity index is 713. The first-order chi connectivity index (χ1) is 14.7. The lowest BCUT2D eigenvalue weighted by Crippen LogP contribution is -2.38. The minimum Gasteiger partial charge on any atom is -0.491 e. The van der Waals surface area contributed by atoms with Gasteiger partial charge in [0.05, 0.1) is 0 Å². The number of rotatable bonds is 12. The summed E-state index contributed by atoms with van der Waals surface area (Å²) in [5.74, 6) is 2.06. The summed E-state index contributed by atoms with van der Waals surface area (Å²) in [4.78, 5) is 4.78. The van der Waals surface area contributed by atoms with Crippen LogP contribution >= 0.6 is 0 Å². The van der Waals surface area contributed by atoms with Gasteiger partial charge in [-0.05, 0) is 97.4 Å². The first-order valence-corrected chi connectivity index (χ1v) is 11.5. The van der Waals surface area contributed by atoms with Gasteiger partial charge in [-0.15, -0.1) is 0 Å². The van der Waals surface area contributed by atoms with Crippen LogP contribution in [-0.2, 0) is 0 Å². The zero-order valence-corrected chi connectivity index (χ0v) is 20.9. The van der Waals surface area contributed by atoms with Crippen molar-refractivity contribution in [3.05, 3.63) is 58.7 Å². The third-order valence-electron chi connectivity index (χ3n) is 6.28. The minimum absolute atomic E-state index is 0.370. The van der Waals surface area contributed by atoms with Crippen molar-refractivity contribution >= 4 is 0 Å². The average Bonchev–Trinajstić information content (AvgIpc) is 2.72. The number of nitrogens with zero attached hydrogens (tertiary/aromatic N) is 2. The molecule has 2 unspecified atom stereocenters. The lowest BCUT2D eigenvalue weighted by molar-refractivity contribution is 0.146. The molecule has 0 N–H and O–H groups in total. The van der Waals surface area contributed by atoms with E-state index in [1.54, 1.807) is 0 Å². The van der Waals surface area contributed by atoms with Gasteiger partial charge in [-0.25, -0.2) is 0 Å². The summed E-state index contributed by atoms with van der Waals surface area (Å²) in [5.41, 5.74) is 4.81. The monoisotopic (exact) mass is 426 g/mol. The molecular formula is C27H42N2O2. The Labute approximate surface area is 190 Å². The number of para-hydroxylation sites is 2. The highest BCUT2D eigenvalue weighted by atomic mass is 16.5. The molecule has 0 spiro atoms. The van der Waals surface area contributed by atoms with E-state index in [9.17, 15) is 0 Å². The number of likely N-dealkylation sites (N-methyl/N-ethyl adjacent to an activating group) is 2. The SMILES string of the molecule is Cc1cccc(C)c1OCC(C)N(C)CCCN(C)C(C)COc1c(C)cccc1C. The predicted octanol–water partition coefficient (Wildman–Crippen LogP) is 5.41. The van der Waals surface area contributed by atoms with E-state index >= 15 is 0 Å². The molecule has 172 valence electrons. The van der Waals surface area contributed by atoms with Crippen LogP contribution in [0.5, 0.6) is 11.5 Å². The molecule has 2 atom stereocenters. The van der Waals surface area contributed by atoms with E-state index in [4.69, 9.17) is 9.47 Å². The van der Waals surface area contributed by atoms with Gasteiger partial charge in [-0.1, -0.05) is 36.4 Å². The molecule has 2 aromatic carbocycles. The molecule has 0 radical (unpaired) electrons. The van der Waals surface area contributed by atoms with Crippen molar-refractivity contribution in [3.8, 4) is 11.5 Å². The highest BCUT2D eigenvalue weighted by Crippen LogP contribution is 2.23. The largest absolute Gasteiger partial charge is 0.491 e. The van der Waals surface area contributed by atoms with E-state index in [0.29, 0.717) is 25.3 Å². The van der Waals surface area contributed by atoms with Crippen LogP contribution in [0.3, 0.4) is 0 Å². The lowest BCUT2D eigenvalue weighted by Gasteiger charge is -2.28. The number of hydrogen-bond donors (Lipinski definition) is 0. The molecule has 0 aliphatic heterocycles. The van der Waals surface area contributed by atoms with Gasteiger partial charge in [-0.3, -0.25) is 0 Å². The summed E-state index contributed by atoms with van der Waals surface area (Å²) in [6.07, 6.45) is 1.12. The van der Waals surface area contributed by atoms with Gasteiger partial charge in [0.15, 0.2) is 0 Å². The van der Waals surface area contributed by atoms with Crippen molar-refractivity contribution in [2.75, 3.05) is 40.4 Å². The van der Waals surface area contributed by atoms with E-state index in [2.05, 4.69) is 102 Å². The van der Waals surface area contributed by atoms with E-state index in [-0.39, 0.29) is 0 Å². The topological polar surface area (TPSA) is 24.9 Å². The Morgan fingerprint density at radius 1 is 0.645 bits per heavy atom. The fourth-order valence-corrected chi connectivity index (χ4v) is 3.73. The third kappa shape index (κ3) is 7.55. The van der Waals surface area contributed by atoms with Gasteiger partial charge in [0, 0.05) is 12.1 Å². The van der Waals surface area contributed by atoms with Crippen molar-refractivity contribution < 1.29 is 9.47 Å². The van der Waals surface area contributed by atoms with Crippen LogP contribution in [0.1, 0.15) is 42.5 Å². The van der Waals surface area contributed by atoms with E-state index in [1.165, 1.54) is 22.3 Å². The van der Waals surface area contributed by atoms with Gasteiger partial charge < -0.3 is 19.3 Å². The lowest BCUT2D eigenvalue weighted by atomic mass is 10.1. The van der Waals surface area contributed by atoms with Crippen LogP contribution < -0.4 is 9.47 Å². The molecule has 31 heavy (non-hydrogen) atoms. The van der Waals surface area contributed by atoms with Crippen molar-refractivity contribution in [3.63, 3.8) is 0 Å². The summed E-state index contributed by atoms with van der Waals surface area (Å²) in [6.45, 7) is 16.4. The van der Waals surface area contributed by atoms with Gasteiger partial charge >= 0.3 is 0 Å². The van der Waals surface area contributed by atoms with Crippen LogP contribution in [0.4, 0.5) is 0 Å². The molecule has 4 heteroatoms. The minimum atomic E-state index is 0.370. The van der Waals surface area contributed by atoms with E-state index in [0.717, 1.165) is 31.0 Å². The second-order valence-corrected chi connectivity index (χ2v) is 9.08. The second kappa shape index (κ2) is 12.1. The van der Waals surface area contributed by atoms with Gasteiger partial charge in [0.1, 0.15) is 24.7 Å². The molecule has 4 nitrogen and oxygen atoms in total. The summed E-state index contributed by atoms with van der Waals surface area (Å²) >= 11 is 0. The third-order valence-corrected chi connectivity index (χ3v) is 6.28. The summed E-state index contributed by atoms with van der Waals surface area (Å²) in [7, 11) is 4.37. The molecule has 0 heterocycles. The first-order valence-electron chi connectivity index (χ1n) is 11.5. The molecule has 0 amide bonds. The standard InChI is InChI=1S/C27H42N2O2/c1-20-12-9-13-21(2)26(20)30-18-24(5)28(7)16-11-17-29(8)25(6)19-31-27-22(3)14-10-15-23(27)4/h9-10,12-15,24-25H,11,16-19H2,1-8H3. The number of hydrogen-bond acceptors (Lipinski definition) is 4. The molecule has 2 rings (SSSR count). The zero-order valence-electron chi connectivity index (χ0n) is 20.9. The highest BCUT2D eigenvalue weighted by molar-refractivity contribution is 5.40. The van der Waals surface area contributed by atoms with Crippen molar-refractivity contribution in [1.82, 2.24) is 9.80 Å². The average molecular weight is 427 g/mol. The summed E-state index contributed by atoms with van der Waals surface area (Å²) in [5, 5.41) is 0. The van der Waals surface area contributed by atoms with Crippen LogP contribution in [-0.4, -0.2) is 62.3 Å². The Balaban J connectivity index is 1.71. The summed E-state index contributed by atoms with van der Waals surface area (Å²) < 4.78 is 12.3. The Kier molecular flexibility index (Phi) is 9.86. The molecule has 0 aromatic heterocycles. The van der Waals surface area contributed by atoms with Crippen LogP contribution in [0, 0.1) is 27.7 Å². The number of aryl methyl sites for hydroxylation is 4. The Hall–Kier alpha value is -2.04. The molecule has 2 aromatic rings. The molecule has 0 saturated heterocycles. The molecular weight excluding hydrogens is 384 g/mol. The fourth-order valence-electron chi connectivity index (χ4n) is 3.73. The molecule has 0 bridgehead atoms. The Morgan fingerprint density at radius 3 is 1.29 bits per heavy atom. The van der Waals surface area contributed by atoms with Crippen molar-refractivity contribution in [1.29, 1.82) is 0 Å². The highest BCUT2D eigenvalue weighted by Gasteiger charge is 2.14. The molecule has 0 saturated carbocycles. The van der Waals surface area contributed by atoms with Crippen LogP contribution in [0.15, 0.2) is 36.4 Å². The normalized spacial score (nSPS) is 13.5. The zero-order chi connectivity index (χ0) is 23.0. The summed E-state index contributed by atoms with van der Waals surface area (Å²) in [6, 6.07) is 13.3. The molecule has 0 fully saturated rings. The Morgan fingerprint density at radius 2 is 0.968 bits per heavy atom. The molecule has 0 aliphatic rings. The van der Waals surface area contributed by atoms with E-state index < -0.39 is 0 Å². The maximum atomic E-state index is 6.14. The number of benzene rings is 2. The predicted molar refractivity (Wildman–Crippen MR) is 132 cm³/mol. The van der Waals surface area contributed by atoms with E-state index in [1.807, 2.05) is 0 Å². The maximum absolute atomic E-state index is 6.14. The van der Waals surface area contributed by atoms with Crippen LogP contribution in [0.25, 0.3) is 0 Å². The van der Waals surface area contributed by atoms with Gasteiger partial charge in [0.25, 0.3) is 0 Å². The van der Waals surface area contributed by atoms with Crippen molar-refractivity contribution in [2.45, 2.75) is 60.0 Å². The van der Waals surface area contributed by atoms with Crippen molar-refractivity contribution in [2.24, 2.45) is 0 Å².